The first-order valence-electron chi connectivity index (χ1n) is 8.26. The third kappa shape index (κ3) is 3.02. The van der Waals surface area contributed by atoms with Gasteiger partial charge >= 0.3 is 0 Å². The van der Waals surface area contributed by atoms with E-state index in [-0.39, 0.29) is 17.9 Å². The maximum absolute atomic E-state index is 12.1. The second kappa shape index (κ2) is 5.74. The molecule has 2 aliphatic rings. The third-order valence-corrected chi connectivity index (χ3v) is 4.31. The van der Waals surface area contributed by atoms with Gasteiger partial charge in [-0.3, -0.25) is 9.59 Å². The van der Waals surface area contributed by atoms with E-state index in [0.717, 1.165) is 31.4 Å². The van der Waals surface area contributed by atoms with Crippen LogP contribution >= 0.6 is 0 Å². The van der Waals surface area contributed by atoms with E-state index in [2.05, 4.69) is 20.9 Å². The van der Waals surface area contributed by atoms with Gasteiger partial charge in [0.05, 0.1) is 11.4 Å². The molecule has 24 heavy (non-hydrogen) atoms. The largest absolute Gasteiger partial charge is 0.349 e. The third-order valence-electron chi connectivity index (χ3n) is 4.31. The molecule has 0 spiro atoms. The Bertz CT molecular complexity index is 788. The van der Waals surface area contributed by atoms with Crippen molar-refractivity contribution < 1.29 is 9.59 Å². The molecular weight excluding hydrogens is 306 g/mol. The highest BCUT2D eigenvalue weighted by atomic mass is 16.2. The molecule has 1 aromatic carbocycles. The van der Waals surface area contributed by atoms with E-state index in [1.54, 1.807) is 16.8 Å². The van der Waals surface area contributed by atoms with Gasteiger partial charge in [-0.15, -0.1) is 5.10 Å². The average Bonchev–Trinajstić information content (AvgIpc) is 3.49. The number of aromatic nitrogens is 3. The lowest BCUT2D eigenvalue weighted by atomic mass is 10.2. The minimum absolute atomic E-state index is 0.0520. The summed E-state index contributed by atoms with van der Waals surface area (Å²) in [4.78, 5) is 24.1. The maximum Gasteiger partial charge on any atom is 0.273 e. The molecule has 0 unspecified atom stereocenters. The number of hydrogen-bond donors (Lipinski definition) is 2. The molecule has 0 bridgehead atoms. The van der Waals surface area contributed by atoms with Gasteiger partial charge in [0.1, 0.15) is 0 Å². The SMILES string of the molecule is Cc1c(C(=O)NC2CC2)nnn1-c1ccc(C(=O)NC2CC2)cc1. The van der Waals surface area contributed by atoms with E-state index in [4.69, 9.17) is 0 Å². The number of benzene rings is 1. The van der Waals surface area contributed by atoms with Crippen LogP contribution in [0, 0.1) is 6.92 Å². The van der Waals surface area contributed by atoms with Crippen LogP contribution in [0.3, 0.4) is 0 Å². The van der Waals surface area contributed by atoms with Crippen LogP contribution in [0.1, 0.15) is 52.2 Å². The summed E-state index contributed by atoms with van der Waals surface area (Å²) >= 11 is 0. The number of carbonyl (C=O) groups excluding carboxylic acids is 2. The van der Waals surface area contributed by atoms with Crippen LogP contribution < -0.4 is 10.6 Å². The molecule has 1 aromatic heterocycles. The molecule has 2 saturated carbocycles. The van der Waals surface area contributed by atoms with Crippen molar-refractivity contribution in [3.8, 4) is 5.69 Å². The summed E-state index contributed by atoms with van der Waals surface area (Å²) < 4.78 is 1.62. The van der Waals surface area contributed by atoms with Crippen LogP contribution in [0.2, 0.25) is 0 Å². The van der Waals surface area contributed by atoms with E-state index in [9.17, 15) is 9.59 Å². The highest BCUT2D eigenvalue weighted by molar-refractivity contribution is 5.95. The van der Waals surface area contributed by atoms with E-state index in [0.29, 0.717) is 23.0 Å². The smallest absolute Gasteiger partial charge is 0.273 e. The number of nitrogens with one attached hydrogen (secondary N) is 2. The van der Waals surface area contributed by atoms with Gasteiger partial charge in [-0.1, -0.05) is 5.21 Å². The van der Waals surface area contributed by atoms with Gasteiger partial charge in [-0.05, 0) is 56.9 Å². The molecule has 0 atom stereocenters. The highest BCUT2D eigenvalue weighted by Gasteiger charge is 2.27. The van der Waals surface area contributed by atoms with Crippen LogP contribution in [0.5, 0.6) is 0 Å². The van der Waals surface area contributed by atoms with Crippen molar-refractivity contribution in [2.45, 2.75) is 44.7 Å². The summed E-state index contributed by atoms with van der Waals surface area (Å²) in [5.41, 5.74) is 2.42. The van der Waals surface area contributed by atoms with Crippen molar-refractivity contribution in [3.05, 3.63) is 41.2 Å². The molecule has 0 aliphatic heterocycles. The lowest BCUT2D eigenvalue weighted by molar-refractivity contribution is 0.0939. The Morgan fingerprint density at radius 2 is 1.58 bits per heavy atom. The average molecular weight is 325 g/mol. The van der Waals surface area contributed by atoms with Gasteiger partial charge in [0.15, 0.2) is 5.69 Å². The van der Waals surface area contributed by atoms with Gasteiger partial charge in [0.25, 0.3) is 11.8 Å². The topological polar surface area (TPSA) is 88.9 Å². The Balaban J connectivity index is 1.51. The Hall–Kier alpha value is -2.70. The van der Waals surface area contributed by atoms with E-state index < -0.39 is 0 Å². The standard InChI is InChI=1S/C17H19N5O2/c1-10-15(17(24)19-13-6-7-13)20-21-22(10)14-8-2-11(3-9-14)16(23)18-12-4-5-12/h2-3,8-9,12-13H,4-7H2,1H3,(H,18,23)(H,19,24). The van der Waals surface area contributed by atoms with Crippen LogP contribution in [0.4, 0.5) is 0 Å². The minimum Gasteiger partial charge on any atom is -0.349 e. The van der Waals surface area contributed by atoms with Crippen molar-refractivity contribution in [3.63, 3.8) is 0 Å². The number of hydrogen-bond acceptors (Lipinski definition) is 4. The molecule has 2 aliphatic carbocycles. The molecule has 124 valence electrons. The molecule has 7 heteroatoms. The Morgan fingerprint density at radius 1 is 1.00 bits per heavy atom. The monoisotopic (exact) mass is 325 g/mol. The van der Waals surface area contributed by atoms with Crippen molar-refractivity contribution in [1.82, 2.24) is 25.6 Å². The zero-order valence-corrected chi connectivity index (χ0v) is 13.5. The molecule has 4 rings (SSSR count). The van der Waals surface area contributed by atoms with Crippen LogP contribution in [-0.2, 0) is 0 Å². The van der Waals surface area contributed by atoms with E-state index in [1.165, 1.54) is 0 Å². The molecule has 2 N–H and O–H groups in total. The van der Waals surface area contributed by atoms with Crippen molar-refractivity contribution in [1.29, 1.82) is 0 Å². The van der Waals surface area contributed by atoms with Crippen LogP contribution in [0.15, 0.2) is 24.3 Å². The first kappa shape index (κ1) is 14.9. The lowest BCUT2D eigenvalue weighted by Gasteiger charge is -2.06. The second-order valence-electron chi connectivity index (χ2n) is 6.48. The minimum atomic E-state index is -0.179. The van der Waals surface area contributed by atoms with Crippen molar-refractivity contribution in [2.24, 2.45) is 0 Å². The number of carbonyl (C=O) groups is 2. The zero-order chi connectivity index (χ0) is 16.7. The quantitative estimate of drug-likeness (QED) is 0.869. The molecule has 0 radical (unpaired) electrons. The Morgan fingerprint density at radius 3 is 2.17 bits per heavy atom. The normalized spacial score (nSPS) is 16.7. The summed E-state index contributed by atoms with van der Waals surface area (Å²) in [7, 11) is 0. The van der Waals surface area contributed by atoms with Gasteiger partial charge < -0.3 is 10.6 Å². The second-order valence-corrected chi connectivity index (χ2v) is 6.48. The number of rotatable bonds is 5. The van der Waals surface area contributed by atoms with E-state index >= 15 is 0 Å². The summed E-state index contributed by atoms with van der Waals surface area (Å²) in [5.74, 6) is -0.231. The van der Waals surface area contributed by atoms with Crippen LogP contribution in [0.25, 0.3) is 5.69 Å². The van der Waals surface area contributed by atoms with Crippen molar-refractivity contribution in [2.75, 3.05) is 0 Å². The first-order valence-corrected chi connectivity index (χ1v) is 8.26. The fraction of sp³-hybridized carbons (Fsp3) is 0.412. The molecule has 2 amide bonds. The lowest BCUT2D eigenvalue weighted by Crippen LogP contribution is -2.26. The Labute approximate surface area is 139 Å². The fourth-order valence-corrected chi connectivity index (χ4v) is 2.52. The molecular formula is C17H19N5O2. The Kier molecular flexibility index (Phi) is 3.55. The summed E-state index contributed by atoms with van der Waals surface area (Å²) in [6, 6.07) is 7.77. The van der Waals surface area contributed by atoms with Gasteiger partial charge in [0, 0.05) is 17.6 Å². The van der Waals surface area contributed by atoms with E-state index in [1.807, 2.05) is 19.1 Å². The number of nitrogens with zero attached hydrogens (tertiary/aromatic N) is 3. The number of amides is 2. The summed E-state index contributed by atoms with van der Waals surface area (Å²) in [6.45, 7) is 1.82. The zero-order valence-electron chi connectivity index (χ0n) is 13.5. The highest BCUT2D eigenvalue weighted by Crippen LogP contribution is 2.21. The van der Waals surface area contributed by atoms with Gasteiger partial charge in [-0.25, -0.2) is 4.68 Å². The van der Waals surface area contributed by atoms with Crippen molar-refractivity contribution >= 4 is 11.8 Å². The maximum atomic E-state index is 12.1. The predicted octanol–water partition coefficient (Wildman–Crippen LogP) is 1.36. The fourth-order valence-electron chi connectivity index (χ4n) is 2.52. The van der Waals surface area contributed by atoms with Gasteiger partial charge in [0.2, 0.25) is 0 Å². The van der Waals surface area contributed by atoms with Gasteiger partial charge in [-0.2, -0.15) is 0 Å². The molecule has 0 saturated heterocycles. The molecule has 2 aromatic rings. The molecule has 1 heterocycles. The first-order chi connectivity index (χ1) is 11.6. The summed E-state index contributed by atoms with van der Waals surface area (Å²) in [6.07, 6.45) is 4.19. The summed E-state index contributed by atoms with van der Waals surface area (Å²) in [5, 5.41) is 13.9. The predicted molar refractivity (Wildman–Crippen MR) is 87.1 cm³/mol. The molecule has 7 nitrogen and oxygen atoms in total. The van der Waals surface area contributed by atoms with Crippen LogP contribution in [-0.4, -0.2) is 38.9 Å². The molecule has 2 fully saturated rings.